The number of rotatable bonds is 18. The van der Waals surface area contributed by atoms with Crippen LogP contribution in [0, 0.1) is 11.8 Å². The largest absolute Gasteiger partial charge is 0.481 e. The Balaban J connectivity index is 3.55. The first-order chi connectivity index (χ1) is 13.4. The maximum Gasteiger partial charge on any atom is 0.316 e. The third-order valence-electron chi connectivity index (χ3n) is 5.29. The lowest BCUT2D eigenvalue weighted by Gasteiger charge is -2.11. The van der Waals surface area contributed by atoms with E-state index in [0.29, 0.717) is 6.42 Å². The summed E-state index contributed by atoms with van der Waals surface area (Å²) in [6, 6.07) is 0. The molecule has 0 spiro atoms. The molecular formula is C23H42O5. The minimum atomic E-state index is -1.07. The summed E-state index contributed by atoms with van der Waals surface area (Å²) in [6.07, 6.45) is 15.4. The van der Waals surface area contributed by atoms with Gasteiger partial charge in [-0.1, -0.05) is 97.8 Å². The fraction of sp³-hybridized carbons (Fsp3) is 0.870. The Labute approximate surface area is 171 Å². The molecule has 2 atom stereocenters. The van der Waals surface area contributed by atoms with Crippen LogP contribution in [0.5, 0.6) is 0 Å². The molecule has 0 aromatic carbocycles. The zero-order chi connectivity index (χ0) is 21.2. The first kappa shape index (κ1) is 26.6. The molecule has 0 heterocycles. The summed E-state index contributed by atoms with van der Waals surface area (Å²) in [5.74, 6) is -1.83. The highest BCUT2D eigenvalue weighted by atomic mass is 16.6. The summed E-state index contributed by atoms with van der Waals surface area (Å²) in [4.78, 5) is 33.6. The third kappa shape index (κ3) is 16.8. The van der Waals surface area contributed by atoms with Crippen LogP contribution in [0.15, 0.2) is 0 Å². The van der Waals surface area contributed by atoms with Gasteiger partial charge in [0.2, 0.25) is 0 Å². The van der Waals surface area contributed by atoms with Crippen LogP contribution in [-0.4, -0.2) is 23.0 Å². The predicted octanol–water partition coefficient (Wildman–Crippen LogP) is 6.28. The van der Waals surface area contributed by atoms with Crippen molar-refractivity contribution in [3.63, 3.8) is 0 Å². The van der Waals surface area contributed by atoms with E-state index in [1.165, 1.54) is 64.2 Å². The number of hydrogen-bond donors (Lipinski definition) is 1. The fourth-order valence-electron chi connectivity index (χ4n) is 3.31. The van der Waals surface area contributed by atoms with Crippen molar-refractivity contribution in [3.8, 4) is 0 Å². The summed E-state index contributed by atoms with van der Waals surface area (Å²) in [6.45, 7) is 6.38. The number of esters is 2. The first-order valence-corrected chi connectivity index (χ1v) is 11.3. The van der Waals surface area contributed by atoms with E-state index in [1.54, 1.807) is 6.92 Å². The Kier molecular flexibility index (Phi) is 16.8. The number of ether oxygens (including phenoxy) is 1. The maximum absolute atomic E-state index is 11.8. The smallest absolute Gasteiger partial charge is 0.316 e. The summed E-state index contributed by atoms with van der Waals surface area (Å²) >= 11 is 0. The van der Waals surface area contributed by atoms with Gasteiger partial charge in [0.25, 0.3) is 0 Å². The van der Waals surface area contributed by atoms with Gasteiger partial charge in [-0.15, -0.1) is 0 Å². The number of hydrogen-bond acceptors (Lipinski definition) is 4. The number of carboxylic acid groups (broad SMARTS) is 1. The highest BCUT2D eigenvalue weighted by Gasteiger charge is 2.18. The Morgan fingerprint density at radius 1 is 0.750 bits per heavy atom. The maximum atomic E-state index is 11.8. The molecule has 0 aromatic heterocycles. The molecule has 0 aliphatic rings. The van der Waals surface area contributed by atoms with Crippen molar-refractivity contribution in [1.82, 2.24) is 0 Å². The van der Waals surface area contributed by atoms with Gasteiger partial charge in [0.1, 0.15) is 0 Å². The summed E-state index contributed by atoms with van der Waals surface area (Å²) < 4.78 is 4.70. The predicted molar refractivity (Wildman–Crippen MR) is 112 cm³/mol. The van der Waals surface area contributed by atoms with Gasteiger partial charge >= 0.3 is 17.9 Å². The molecule has 0 aliphatic carbocycles. The summed E-state index contributed by atoms with van der Waals surface area (Å²) in [7, 11) is 0. The van der Waals surface area contributed by atoms with Crippen LogP contribution < -0.4 is 0 Å². The molecule has 5 nitrogen and oxygen atoms in total. The second-order valence-electron chi connectivity index (χ2n) is 8.24. The normalized spacial score (nSPS) is 13.1. The van der Waals surface area contributed by atoms with Crippen LogP contribution in [0.2, 0.25) is 0 Å². The topological polar surface area (TPSA) is 80.7 Å². The number of carboxylic acids is 1. The Hall–Kier alpha value is -1.39. The molecule has 0 aromatic rings. The first-order valence-electron chi connectivity index (χ1n) is 11.3. The molecule has 0 amide bonds. The average Bonchev–Trinajstić information content (AvgIpc) is 2.65. The van der Waals surface area contributed by atoms with Crippen molar-refractivity contribution in [1.29, 1.82) is 0 Å². The van der Waals surface area contributed by atoms with Crippen molar-refractivity contribution in [3.05, 3.63) is 0 Å². The van der Waals surface area contributed by atoms with Crippen LogP contribution in [0.4, 0.5) is 0 Å². The molecule has 0 bridgehead atoms. The monoisotopic (exact) mass is 398 g/mol. The molecule has 164 valence electrons. The number of aliphatic carboxylic acids is 1. The molecule has 1 N–H and O–H groups in total. The minimum absolute atomic E-state index is 0.259. The Morgan fingerprint density at radius 2 is 1.25 bits per heavy atom. The van der Waals surface area contributed by atoms with E-state index < -0.39 is 17.9 Å². The van der Waals surface area contributed by atoms with Crippen molar-refractivity contribution in [2.45, 2.75) is 117 Å². The molecule has 0 rings (SSSR count). The standard InChI is InChI=1S/C23H42O5/c1-4-5-6-11-14-19(2)15-12-9-7-8-10-13-16-20(3)23(27)28-22(26)18-17-21(24)25/h19-20H,4-18H2,1-3H3,(H,24,25). The zero-order valence-electron chi connectivity index (χ0n) is 18.3. The lowest BCUT2D eigenvalue weighted by molar-refractivity contribution is -0.163. The van der Waals surface area contributed by atoms with Gasteiger partial charge in [-0.05, 0) is 12.3 Å². The SMILES string of the molecule is CCCCCCC(C)CCCCCCCCC(C)C(=O)OC(=O)CCC(=O)O. The lowest BCUT2D eigenvalue weighted by atomic mass is 9.96. The van der Waals surface area contributed by atoms with Gasteiger partial charge in [0, 0.05) is 0 Å². The van der Waals surface area contributed by atoms with Crippen LogP contribution in [-0.2, 0) is 19.1 Å². The van der Waals surface area contributed by atoms with E-state index in [0.717, 1.165) is 18.8 Å². The second kappa shape index (κ2) is 17.7. The van der Waals surface area contributed by atoms with Crippen molar-refractivity contribution in [2.24, 2.45) is 11.8 Å². The highest BCUT2D eigenvalue weighted by molar-refractivity contribution is 5.87. The van der Waals surface area contributed by atoms with E-state index in [9.17, 15) is 14.4 Å². The van der Waals surface area contributed by atoms with E-state index in [4.69, 9.17) is 9.84 Å². The minimum Gasteiger partial charge on any atom is -0.481 e. The summed E-state index contributed by atoms with van der Waals surface area (Å²) in [5.41, 5.74) is 0. The second-order valence-corrected chi connectivity index (χ2v) is 8.24. The number of carbonyl (C=O) groups excluding carboxylic acids is 2. The molecule has 0 saturated heterocycles. The van der Waals surface area contributed by atoms with Gasteiger partial charge in [-0.25, -0.2) is 0 Å². The Morgan fingerprint density at radius 3 is 1.79 bits per heavy atom. The summed E-state index contributed by atoms with van der Waals surface area (Å²) in [5, 5.41) is 8.51. The van der Waals surface area contributed by atoms with Crippen LogP contribution >= 0.6 is 0 Å². The Bertz CT molecular complexity index is 433. The molecule has 0 radical (unpaired) electrons. The molecular weight excluding hydrogens is 356 g/mol. The lowest BCUT2D eigenvalue weighted by Crippen LogP contribution is -2.19. The van der Waals surface area contributed by atoms with Crippen molar-refractivity contribution in [2.75, 3.05) is 0 Å². The van der Waals surface area contributed by atoms with Gasteiger partial charge in [0.15, 0.2) is 0 Å². The van der Waals surface area contributed by atoms with Gasteiger partial charge < -0.3 is 9.84 Å². The van der Waals surface area contributed by atoms with Crippen LogP contribution in [0.3, 0.4) is 0 Å². The van der Waals surface area contributed by atoms with Crippen LogP contribution in [0.25, 0.3) is 0 Å². The van der Waals surface area contributed by atoms with Crippen molar-refractivity contribution >= 4 is 17.9 Å². The quantitative estimate of drug-likeness (QED) is 0.167. The fourth-order valence-corrected chi connectivity index (χ4v) is 3.31. The highest BCUT2D eigenvalue weighted by Crippen LogP contribution is 2.19. The van der Waals surface area contributed by atoms with Gasteiger partial charge in [-0.3, -0.25) is 14.4 Å². The molecule has 5 heteroatoms. The molecule has 0 aliphatic heterocycles. The zero-order valence-corrected chi connectivity index (χ0v) is 18.3. The third-order valence-corrected chi connectivity index (χ3v) is 5.29. The molecule has 28 heavy (non-hydrogen) atoms. The number of carbonyl (C=O) groups is 3. The molecule has 0 fully saturated rings. The molecule has 2 unspecified atom stereocenters. The van der Waals surface area contributed by atoms with E-state index in [1.807, 2.05) is 0 Å². The van der Waals surface area contributed by atoms with Gasteiger partial charge in [0.05, 0.1) is 18.8 Å². The molecule has 0 saturated carbocycles. The van der Waals surface area contributed by atoms with Crippen LogP contribution in [0.1, 0.15) is 117 Å². The van der Waals surface area contributed by atoms with E-state index in [2.05, 4.69) is 13.8 Å². The number of unbranched alkanes of at least 4 members (excludes halogenated alkanes) is 8. The van der Waals surface area contributed by atoms with Crippen molar-refractivity contribution < 1.29 is 24.2 Å². The average molecular weight is 399 g/mol. The van der Waals surface area contributed by atoms with E-state index >= 15 is 0 Å². The van der Waals surface area contributed by atoms with Gasteiger partial charge in [-0.2, -0.15) is 0 Å². The van der Waals surface area contributed by atoms with E-state index in [-0.39, 0.29) is 18.8 Å².